The second-order valence-electron chi connectivity index (χ2n) is 7.41. The van der Waals surface area contributed by atoms with Crippen LogP contribution in [0.5, 0.6) is 0 Å². The summed E-state index contributed by atoms with van der Waals surface area (Å²) in [7, 11) is 0. The largest absolute Gasteiger partial charge is 0.342 e. The lowest BCUT2D eigenvalue weighted by Gasteiger charge is -2.36. The fourth-order valence-corrected chi connectivity index (χ4v) is 3.84. The Morgan fingerprint density at radius 2 is 1.64 bits per heavy atom. The number of amides is 3. The number of piperidine rings is 2. The third-order valence-electron chi connectivity index (χ3n) is 5.62. The second kappa shape index (κ2) is 7.54. The van der Waals surface area contributed by atoms with Crippen molar-refractivity contribution in [3.63, 3.8) is 0 Å². The van der Waals surface area contributed by atoms with Crippen LogP contribution in [0.25, 0.3) is 0 Å². The molecule has 0 radical (unpaired) electrons. The average Bonchev–Trinajstić information content (AvgIpc) is 3.02. The van der Waals surface area contributed by atoms with Gasteiger partial charge in [-0.3, -0.25) is 14.4 Å². The molecule has 0 bridgehead atoms. The fraction of sp³-hybridized carbons (Fsp3) is 0.778. The van der Waals surface area contributed by atoms with E-state index in [-0.39, 0.29) is 30.1 Å². The van der Waals surface area contributed by atoms with Crippen molar-refractivity contribution in [1.82, 2.24) is 14.8 Å². The van der Waals surface area contributed by atoms with Gasteiger partial charge in [-0.05, 0) is 38.5 Å². The smallest absolute Gasteiger partial charge is 0.270 e. The minimum Gasteiger partial charge on any atom is -0.342 e. The van der Waals surface area contributed by atoms with Gasteiger partial charge in [0.1, 0.15) is 5.71 Å². The Kier molecular flexibility index (Phi) is 5.39. The van der Waals surface area contributed by atoms with Gasteiger partial charge in [0.05, 0.1) is 6.42 Å². The van der Waals surface area contributed by atoms with Crippen LogP contribution in [0.4, 0.5) is 0 Å². The minimum atomic E-state index is -0.151. The molecule has 25 heavy (non-hydrogen) atoms. The van der Waals surface area contributed by atoms with Crippen molar-refractivity contribution in [2.24, 2.45) is 16.9 Å². The number of hydrogen-bond donors (Lipinski definition) is 0. The molecule has 138 valence electrons. The van der Waals surface area contributed by atoms with Gasteiger partial charge in [0, 0.05) is 38.6 Å². The summed E-state index contributed by atoms with van der Waals surface area (Å²) in [5.41, 5.74) is 0.335. The van der Waals surface area contributed by atoms with Crippen LogP contribution in [0.2, 0.25) is 0 Å². The summed E-state index contributed by atoms with van der Waals surface area (Å²) < 4.78 is 0. The summed E-state index contributed by atoms with van der Waals surface area (Å²) in [4.78, 5) is 40.7. The van der Waals surface area contributed by atoms with E-state index in [0.29, 0.717) is 44.1 Å². The highest BCUT2D eigenvalue weighted by Gasteiger charge is 2.35. The van der Waals surface area contributed by atoms with Crippen molar-refractivity contribution in [3.05, 3.63) is 0 Å². The molecule has 7 nitrogen and oxygen atoms in total. The molecule has 0 unspecified atom stereocenters. The molecule has 7 heteroatoms. The summed E-state index contributed by atoms with van der Waals surface area (Å²) in [6.07, 6.45) is 3.68. The average molecular weight is 348 g/mol. The van der Waals surface area contributed by atoms with Crippen molar-refractivity contribution in [2.75, 3.05) is 32.7 Å². The number of nitrogens with zero attached hydrogens (tertiary/aromatic N) is 4. The number of rotatable bonds is 3. The van der Waals surface area contributed by atoms with E-state index >= 15 is 0 Å². The van der Waals surface area contributed by atoms with Gasteiger partial charge in [-0.1, -0.05) is 6.92 Å². The first-order valence-corrected chi connectivity index (χ1v) is 9.45. The quantitative estimate of drug-likeness (QED) is 0.766. The first kappa shape index (κ1) is 17.9. The van der Waals surface area contributed by atoms with Gasteiger partial charge < -0.3 is 9.80 Å². The summed E-state index contributed by atoms with van der Waals surface area (Å²) >= 11 is 0. The first-order valence-electron chi connectivity index (χ1n) is 9.45. The van der Waals surface area contributed by atoms with E-state index in [1.165, 1.54) is 5.01 Å². The Bertz CT molecular complexity index is 573. The summed E-state index contributed by atoms with van der Waals surface area (Å²) in [5, 5.41) is 5.48. The molecular formula is C18H28N4O3. The molecule has 0 aromatic heterocycles. The van der Waals surface area contributed by atoms with E-state index in [1.54, 1.807) is 4.90 Å². The summed E-state index contributed by atoms with van der Waals surface area (Å²) in [6, 6.07) is 0. The number of likely N-dealkylation sites (tertiary alicyclic amines) is 2. The fourth-order valence-electron chi connectivity index (χ4n) is 3.84. The zero-order chi connectivity index (χ0) is 18.0. The van der Waals surface area contributed by atoms with Gasteiger partial charge in [0.2, 0.25) is 11.8 Å². The standard InChI is InChI=1S/C18H28N4O3/c1-3-22-16(23)12-15(19-22)18(25)21-10-6-14(7-11-21)17(24)20-8-4-13(2)5-9-20/h13-14H,3-12H2,1-2H3. The summed E-state index contributed by atoms with van der Waals surface area (Å²) in [5.74, 6) is 0.722. The molecule has 0 aromatic carbocycles. The highest BCUT2D eigenvalue weighted by Crippen LogP contribution is 2.24. The van der Waals surface area contributed by atoms with Crippen LogP contribution in [0, 0.1) is 11.8 Å². The molecule has 0 atom stereocenters. The Morgan fingerprint density at radius 1 is 1.04 bits per heavy atom. The lowest BCUT2D eigenvalue weighted by Crippen LogP contribution is -2.47. The maximum absolute atomic E-state index is 12.7. The Hall–Kier alpha value is -1.92. The van der Waals surface area contributed by atoms with Crippen molar-refractivity contribution in [3.8, 4) is 0 Å². The molecule has 0 spiro atoms. The van der Waals surface area contributed by atoms with Crippen LogP contribution < -0.4 is 0 Å². The van der Waals surface area contributed by atoms with E-state index < -0.39 is 0 Å². The maximum atomic E-state index is 12.7. The van der Waals surface area contributed by atoms with Crippen LogP contribution in [-0.2, 0) is 14.4 Å². The molecule has 2 saturated heterocycles. The predicted molar refractivity (Wildman–Crippen MR) is 93.7 cm³/mol. The first-order chi connectivity index (χ1) is 12.0. The van der Waals surface area contributed by atoms with Crippen molar-refractivity contribution < 1.29 is 14.4 Å². The van der Waals surface area contributed by atoms with E-state index in [4.69, 9.17) is 0 Å². The van der Waals surface area contributed by atoms with Crippen LogP contribution in [-0.4, -0.2) is 71.0 Å². The number of carbonyl (C=O) groups excluding carboxylic acids is 3. The van der Waals surface area contributed by atoms with E-state index in [2.05, 4.69) is 12.0 Å². The molecule has 3 heterocycles. The lowest BCUT2D eigenvalue weighted by atomic mass is 9.92. The normalized spacial score (nSPS) is 23.2. The van der Waals surface area contributed by atoms with Crippen LogP contribution >= 0.6 is 0 Å². The van der Waals surface area contributed by atoms with Crippen LogP contribution in [0.3, 0.4) is 0 Å². The molecule has 3 aliphatic rings. The van der Waals surface area contributed by atoms with Gasteiger partial charge in [-0.25, -0.2) is 5.01 Å². The molecular weight excluding hydrogens is 320 g/mol. The van der Waals surface area contributed by atoms with Crippen LogP contribution in [0.1, 0.15) is 46.0 Å². The minimum absolute atomic E-state index is 0.0248. The molecule has 3 aliphatic heterocycles. The van der Waals surface area contributed by atoms with Gasteiger partial charge in [0.15, 0.2) is 0 Å². The lowest BCUT2D eigenvalue weighted by molar-refractivity contribution is -0.140. The van der Waals surface area contributed by atoms with Crippen molar-refractivity contribution in [2.45, 2.75) is 46.0 Å². The Labute approximate surface area is 149 Å². The molecule has 0 aromatic rings. The van der Waals surface area contributed by atoms with Crippen molar-refractivity contribution in [1.29, 1.82) is 0 Å². The molecule has 0 N–H and O–H groups in total. The van der Waals surface area contributed by atoms with Gasteiger partial charge in [0.25, 0.3) is 5.91 Å². The van der Waals surface area contributed by atoms with Gasteiger partial charge in [-0.15, -0.1) is 0 Å². The predicted octanol–water partition coefficient (Wildman–Crippen LogP) is 1.09. The van der Waals surface area contributed by atoms with E-state index in [0.717, 1.165) is 25.9 Å². The van der Waals surface area contributed by atoms with Crippen LogP contribution in [0.15, 0.2) is 5.10 Å². The monoisotopic (exact) mass is 348 g/mol. The van der Waals surface area contributed by atoms with E-state index in [1.807, 2.05) is 11.8 Å². The maximum Gasteiger partial charge on any atom is 0.270 e. The van der Waals surface area contributed by atoms with Gasteiger partial charge in [-0.2, -0.15) is 5.10 Å². The third-order valence-corrected chi connectivity index (χ3v) is 5.62. The van der Waals surface area contributed by atoms with Gasteiger partial charge >= 0.3 is 0 Å². The SMILES string of the molecule is CCN1N=C(C(=O)N2CCC(C(=O)N3CCC(C)CC3)CC2)CC1=O. The highest BCUT2D eigenvalue weighted by atomic mass is 16.2. The van der Waals surface area contributed by atoms with Crippen molar-refractivity contribution >= 4 is 23.4 Å². The number of carbonyl (C=O) groups is 3. The molecule has 2 fully saturated rings. The zero-order valence-electron chi connectivity index (χ0n) is 15.2. The number of hydrazone groups is 1. The summed E-state index contributed by atoms with van der Waals surface area (Å²) in [6.45, 7) is 7.43. The zero-order valence-corrected chi connectivity index (χ0v) is 15.2. The molecule has 3 rings (SSSR count). The third kappa shape index (κ3) is 3.85. The topological polar surface area (TPSA) is 73.3 Å². The molecule has 0 saturated carbocycles. The second-order valence-corrected chi connectivity index (χ2v) is 7.41. The molecule has 3 amide bonds. The van der Waals surface area contributed by atoms with E-state index in [9.17, 15) is 14.4 Å². The number of hydrogen-bond acceptors (Lipinski definition) is 4. The Balaban J connectivity index is 1.51. The molecule has 0 aliphatic carbocycles. The Morgan fingerprint density at radius 3 is 2.20 bits per heavy atom. The highest BCUT2D eigenvalue weighted by molar-refractivity contribution is 6.43.